The third-order valence-electron chi connectivity index (χ3n) is 4.16. The Morgan fingerprint density at radius 2 is 1.96 bits per heavy atom. The number of hydrogen-bond donors (Lipinski definition) is 0. The second-order valence-electron chi connectivity index (χ2n) is 5.71. The lowest BCUT2D eigenvalue weighted by Crippen LogP contribution is -2.23. The van der Waals surface area contributed by atoms with Crippen molar-refractivity contribution in [2.45, 2.75) is 32.3 Å². The number of rotatable bonds is 4. The molecule has 0 spiro atoms. The van der Waals surface area contributed by atoms with Crippen LogP contribution in [0.15, 0.2) is 36.4 Å². The Morgan fingerprint density at radius 1 is 1.22 bits per heavy atom. The monoisotopic (exact) mass is 314 g/mol. The quantitative estimate of drug-likeness (QED) is 0.792. The molecular weight excluding hydrogens is 295 g/mol. The fourth-order valence-corrected chi connectivity index (χ4v) is 2.95. The molecule has 0 bridgehead atoms. The van der Waals surface area contributed by atoms with Gasteiger partial charge in [-0.15, -0.1) is 0 Å². The molecule has 0 saturated carbocycles. The highest BCUT2D eigenvalue weighted by molar-refractivity contribution is 5.93. The van der Waals surface area contributed by atoms with Crippen molar-refractivity contribution in [3.05, 3.63) is 64.5 Å². The number of hydrogen-bond acceptors (Lipinski definition) is 3. The number of fused-ring (bicyclic) bond motifs is 1. The van der Waals surface area contributed by atoms with Crippen LogP contribution in [0.4, 0.5) is 4.39 Å². The molecule has 0 aliphatic carbocycles. The normalized spacial score (nSPS) is 16.7. The van der Waals surface area contributed by atoms with Gasteiger partial charge < -0.3 is 9.47 Å². The molecule has 4 heteroatoms. The van der Waals surface area contributed by atoms with Crippen LogP contribution in [0.25, 0.3) is 0 Å². The van der Waals surface area contributed by atoms with Gasteiger partial charge in [-0.25, -0.2) is 9.18 Å². The maximum atomic E-state index is 14.2. The van der Waals surface area contributed by atoms with E-state index in [0.29, 0.717) is 12.0 Å². The number of carbonyl (C=O) groups excluding carboxylic acids is 1. The van der Waals surface area contributed by atoms with Crippen molar-refractivity contribution in [2.75, 3.05) is 7.11 Å². The zero-order valence-corrected chi connectivity index (χ0v) is 13.3. The number of carbonyl (C=O) groups is 1. The van der Waals surface area contributed by atoms with Crippen LogP contribution in [0.5, 0.6) is 5.75 Å². The van der Waals surface area contributed by atoms with Gasteiger partial charge in [0, 0.05) is 6.42 Å². The van der Waals surface area contributed by atoms with Crippen LogP contribution < -0.4 is 4.74 Å². The molecule has 1 unspecified atom stereocenters. The topological polar surface area (TPSA) is 35.5 Å². The van der Waals surface area contributed by atoms with E-state index in [9.17, 15) is 9.18 Å². The number of methoxy groups -OCH3 is 1. The largest absolute Gasteiger partial charge is 0.494 e. The van der Waals surface area contributed by atoms with Gasteiger partial charge in [-0.3, -0.25) is 0 Å². The summed E-state index contributed by atoms with van der Waals surface area (Å²) in [5.74, 6) is -1.22. The Balaban J connectivity index is 1.89. The SMILES string of the molecule is CCCc1ccc(C2Cc3ccc(OC)c(F)c3C(=O)O2)cc1. The zero-order chi connectivity index (χ0) is 16.4. The second-order valence-corrected chi connectivity index (χ2v) is 5.71. The van der Waals surface area contributed by atoms with Crippen LogP contribution in [0, 0.1) is 5.82 Å². The average Bonchev–Trinajstić information content (AvgIpc) is 2.56. The van der Waals surface area contributed by atoms with E-state index < -0.39 is 11.8 Å². The first kappa shape index (κ1) is 15.5. The number of esters is 1. The van der Waals surface area contributed by atoms with Crippen LogP contribution in [-0.2, 0) is 17.6 Å². The standard InChI is InChI=1S/C19H19FO3/c1-3-4-12-5-7-13(8-6-12)16-11-14-9-10-15(22-2)18(20)17(14)19(21)23-16/h5-10,16H,3-4,11H2,1-2H3. The maximum Gasteiger partial charge on any atom is 0.342 e. The van der Waals surface area contributed by atoms with E-state index in [1.807, 2.05) is 12.1 Å². The minimum Gasteiger partial charge on any atom is -0.494 e. The lowest BCUT2D eigenvalue weighted by Gasteiger charge is -2.25. The Kier molecular flexibility index (Phi) is 4.33. The number of halogens is 1. The predicted molar refractivity (Wildman–Crippen MR) is 85.2 cm³/mol. The minimum absolute atomic E-state index is 0.0109. The average molecular weight is 314 g/mol. The lowest BCUT2D eigenvalue weighted by molar-refractivity contribution is 0.0244. The summed E-state index contributed by atoms with van der Waals surface area (Å²) in [7, 11) is 1.37. The van der Waals surface area contributed by atoms with Crippen molar-refractivity contribution in [3.8, 4) is 5.75 Å². The van der Waals surface area contributed by atoms with Crippen molar-refractivity contribution in [1.82, 2.24) is 0 Å². The highest BCUT2D eigenvalue weighted by atomic mass is 19.1. The molecule has 0 radical (unpaired) electrons. The summed E-state index contributed by atoms with van der Waals surface area (Å²) >= 11 is 0. The molecule has 23 heavy (non-hydrogen) atoms. The second kappa shape index (κ2) is 6.41. The molecule has 0 aromatic heterocycles. The summed E-state index contributed by atoms with van der Waals surface area (Å²) in [6.07, 6.45) is 2.21. The van der Waals surface area contributed by atoms with E-state index in [-0.39, 0.29) is 17.4 Å². The van der Waals surface area contributed by atoms with Crippen molar-refractivity contribution in [2.24, 2.45) is 0 Å². The van der Waals surface area contributed by atoms with Gasteiger partial charge in [0.05, 0.1) is 7.11 Å². The summed E-state index contributed by atoms with van der Waals surface area (Å²) in [6, 6.07) is 11.3. The van der Waals surface area contributed by atoms with Crippen LogP contribution in [0.3, 0.4) is 0 Å². The van der Waals surface area contributed by atoms with Crippen LogP contribution in [0.1, 0.15) is 46.5 Å². The molecule has 3 nitrogen and oxygen atoms in total. The fourth-order valence-electron chi connectivity index (χ4n) is 2.95. The molecule has 0 N–H and O–H groups in total. The van der Waals surface area contributed by atoms with Gasteiger partial charge >= 0.3 is 5.97 Å². The number of benzene rings is 2. The predicted octanol–water partition coefficient (Wildman–Crippen LogP) is 4.24. The molecule has 3 rings (SSSR count). The van der Waals surface area contributed by atoms with Crippen molar-refractivity contribution in [3.63, 3.8) is 0 Å². The van der Waals surface area contributed by atoms with E-state index >= 15 is 0 Å². The van der Waals surface area contributed by atoms with E-state index in [0.717, 1.165) is 18.4 Å². The summed E-state index contributed by atoms with van der Waals surface area (Å²) in [4.78, 5) is 12.2. The van der Waals surface area contributed by atoms with E-state index in [1.54, 1.807) is 12.1 Å². The molecule has 0 fully saturated rings. The van der Waals surface area contributed by atoms with Gasteiger partial charge in [-0.1, -0.05) is 43.7 Å². The van der Waals surface area contributed by atoms with Crippen molar-refractivity contribution >= 4 is 5.97 Å². The van der Waals surface area contributed by atoms with Gasteiger partial charge in [0.15, 0.2) is 11.6 Å². The maximum absolute atomic E-state index is 14.2. The molecular formula is C19H19FO3. The molecule has 1 heterocycles. The first-order chi connectivity index (χ1) is 11.1. The molecule has 0 saturated heterocycles. The molecule has 1 atom stereocenters. The Morgan fingerprint density at radius 3 is 2.61 bits per heavy atom. The number of ether oxygens (including phenoxy) is 2. The molecule has 1 aliphatic rings. The van der Waals surface area contributed by atoms with Gasteiger partial charge in [-0.05, 0) is 29.2 Å². The van der Waals surface area contributed by atoms with Crippen LogP contribution in [-0.4, -0.2) is 13.1 Å². The first-order valence-corrected chi connectivity index (χ1v) is 7.79. The van der Waals surface area contributed by atoms with E-state index in [4.69, 9.17) is 9.47 Å². The lowest BCUT2D eigenvalue weighted by atomic mass is 9.93. The number of aryl methyl sites for hydroxylation is 1. The van der Waals surface area contributed by atoms with Gasteiger partial charge in [-0.2, -0.15) is 0 Å². The molecule has 0 amide bonds. The Labute approximate surface area is 135 Å². The smallest absolute Gasteiger partial charge is 0.342 e. The molecule has 1 aliphatic heterocycles. The van der Waals surface area contributed by atoms with Crippen molar-refractivity contribution < 1.29 is 18.7 Å². The van der Waals surface area contributed by atoms with E-state index in [2.05, 4.69) is 19.1 Å². The molecule has 120 valence electrons. The van der Waals surface area contributed by atoms with Gasteiger partial charge in [0.25, 0.3) is 0 Å². The van der Waals surface area contributed by atoms with Gasteiger partial charge in [0.1, 0.15) is 11.7 Å². The third kappa shape index (κ3) is 2.93. The fraction of sp³-hybridized carbons (Fsp3) is 0.316. The van der Waals surface area contributed by atoms with E-state index in [1.165, 1.54) is 12.7 Å². The summed E-state index contributed by atoms with van der Waals surface area (Å²) in [6.45, 7) is 2.14. The van der Waals surface area contributed by atoms with Crippen molar-refractivity contribution in [1.29, 1.82) is 0 Å². The molecule has 2 aromatic rings. The summed E-state index contributed by atoms with van der Waals surface area (Å²) < 4.78 is 24.6. The van der Waals surface area contributed by atoms with Crippen LogP contribution in [0.2, 0.25) is 0 Å². The Bertz CT molecular complexity index is 722. The Hall–Kier alpha value is -2.36. The minimum atomic E-state index is -0.647. The third-order valence-corrected chi connectivity index (χ3v) is 4.16. The number of cyclic esters (lactones) is 1. The van der Waals surface area contributed by atoms with Crippen LogP contribution >= 0.6 is 0 Å². The summed E-state index contributed by atoms with van der Waals surface area (Å²) in [5.41, 5.74) is 2.83. The highest BCUT2D eigenvalue weighted by Crippen LogP contribution is 2.34. The first-order valence-electron chi connectivity index (χ1n) is 7.79. The zero-order valence-electron chi connectivity index (χ0n) is 13.3. The molecule has 2 aromatic carbocycles. The highest BCUT2D eigenvalue weighted by Gasteiger charge is 2.31. The summed E-state index contributed by atoms with van der Waals surface area (Å²) in [5, 5.41) is 0. The van der Waals surface area contributed by atoms with Gasteiger partial charge in [0.2, 0.25) is 0 Å².